The summed E-state index contributed by atoms with van der Waals surface area (Å²) in [5.41, 5.74) is 4.68. The SMILES string of the molecule is C/C=C(\C)Cc1csc(CCNC(=O)[C@H](O)[C@@H](O)C(=O)N2CCCC2c2ccc(C)cc2)c1. The fourth-order valence-electron chi connectivity index (χ4n) is 4.10. The van der Waals surface area contributed by atoms with E-state index in [2.05, 4.69) is 29.8 Å². The second kappa shape index (κ2) is 11.6. The molecule has 0 spiro atoms. The number of amides is 2. The summed E-state index contributed by atoms with van der Waals surface area (Å²) in [4.78, 5) is 28.0. The van der Waals surface area contributed by atoms with Gasteiger partial charge < -0.3 is 20.4 Å². The zero-order chi connectivity index (χ0) is 24.0. The molecule has 3 rings (SSSR count). The Bertz CT molecular complexity index is 982. The first-order chi connectivity index (χ1) is 15.8. The molecule has 0 saturated carbocycles. The minimum Gasteiger partial charge on any atom is -0.380 e. The van der Waals surface area contributed by atoms with Gasteiger partial charge in [-0.2, -0.15) is 0 Å². The van der Waals surface area contributed by atoms with E-state index < -0.39 is 24.0 Å². The van der Waals surface area contributed by atoms with Crippen LogP contribution in [-0.2, 0) is 22.4 Å². The Morgan fingerprint density at radius 2 is 1.97 bits per heavy atom. The Kier molecular flexibility index (Phi) is 8.83. The van der Waals surface area contributed by atoms with Gasteiger partial charge in [0.05, 0.1) is 6.04 Å². The number of carbonyl (C=O) groups is 2. The molecule has 1 aliphatic rings. The molecule has 7 heteroatoms. The Morgan fingerprint density at radius 3 is 2.67 bits per heavy atom. The van der Waals surface area contributed by atoms with Gasteiger partial charge in [0.2, 0.25) is 0 Å². The lowest BCUT2D eigenvalue weighted by molar-refractivity contribution is -0.153. The highest BCUT2D eigenvalue weighted by atomic mass is 32.1. The third kappa shape index (κ3) is 6.53. The molecule has 33 heavy (non-hydrogen) atoms. The lowest BCUT2D eigenvalue weighted by Crippen LogP contribution is -2.50. The minimum absolute atomic E-state index is 0.151. The maximum atomic E-state index is 12.9. The largest absolute Gasteiger partial charge is 0.380 e. The number of aryl methyl sites for hydroxylation is 1. The van der Waals surface area contributed by atoms with Crippen molar-refractivity contribution in [3.05, 3.63) is 68.9 Å². The minimum atomic E-state index is -1.80. The zero-order valence-electron chi connectivity index (χ0n) is 19.6. The predicted molar refractivity (Wildman–Crippen MR) is 131 cm³/mol. The Morgan fingerprint density at radius 1 is 1.24 bits per heavy atom. The number of aliphatic hydroxyl groups excluding tert-OH is 2. The van der Waals surface area contributed by atoms with Crippen molar-refractivity contribution in [1.82, 2.24) is 10.2 Å². The van der Waals surface area contributed by atoms with E-state index in [4.69, 9.17) is 0 Å². The molecule has 2 heterocycles. The normalized spacial score (nSPS) is 18.3. The van der Waals surface area contributed by atoms with Gasteiger partial charge in [0, 0.05) is 18.0 Å². The van der Waals surface area contributed by atoms with E-state index in [1.807, 2.05) is 38.1 Å². The Hall–Kier alpha value is -2.48. The van der Waals surface area contributed by atoms with Crippen LogP contribution in [0.15, 0.2) is 47.4 Å². The molecule has 1 saturated heterocycles. The number of benzene rings is 1. The first-order valence-electron chi connectivity index (χ1n) is 11.5. The molecule has 0 radical (unpaired) electrons. The van der Waals surface area contributed by atoms with Crippen LogP contribution >= 0.6 is 11.3 Å². The van der Waals surface area contributed by atoms with Crippen molar-refractivity contribution in [2.45, 2.75) is 64.7 Å². The van der Waals surface area contributed by atoms with Crippen molar-refractivity contribution in [2.75, 3.05) is 13.1 Å². The van der Waals surface area contributed by atoms with Crippen LogP contribution in [0.3, 0.4) is 0 Å². The fraction of sp³-hybridized carbons (Fsp3) is 0.462. The van der Waals surface area contributed by atoms with E-state index >= 15 is 0 Å². The van der Waals surface area contributed by atoms with E-state index in [-0.39, 0.29) is 6.04 Å². The van der Waals surface area contributed by atoms with Crippen LogP contribution in [0, 0.1) is 6.92 Å². The quantitative estimate of drug-likeness (QED) is 0.491. The molecule has 1 fully saturated rings. The van der Waals surface area contributed by atoms with Gasteiger partial charge in [0.1, 0.15) is 0 Å². The van der Waals surface area contributed by atoms with Gasteiger partial charge in [-0.1, -0.05) is 41.5 Å². The topological polar surface area (TPSA) is 89.9 Å². The molecule has 6 nitrogen and oxygen atoms in total. The average Bonchev–Trinajstić information content (AvgIpc) is 3.47. The van der Waals surface area contributed by atoms with Gasteiger partial charge >= 0.3 is 0 Å². The van der Waals surface area contributed by atoms with Crippen molar-refractivity contribution in [3.63, 3.8) is 0 Å². The number of aliphatic hydroxyl groups is 2. The molecule has 1 aliphatic heterocycles. The van der Waals surface area contributed by atoms with Gasteiger partial charge in [-0.25, -0.2) is 0 Å². The van der Waals surface area contributed by atoms with E-state index in [9.17, 15) is 19.8 Å². The fourth-order valence-corrected chi connectivity index (χ4v) is 4.99. The lowest BCUT2D eigenvalue weighted by Gasteiger charge is -2.28. The highest BCUT2D eigenvalue weighted by molar-refractivity contribution is 7.10. The van der Waals surface area contributed by atoms with Crippen molar-refractivity contribution in [3.8, 4) is 0 Å². The third-order valence-corrected chi connectivity index (χ3v) is 7.22. The number of allylic oxidation sites excluding steroid dienone is 2. The standard InChI is InChI=1S/C26H34N2O4S/c1-4-17(2)14-19-15-21(33-16-19)11-12-27-25(31)23(29)24(30)26(32)28-13-5-6-22(28)20-9-7-18(3)8-10-20/h4,7-10,15-16,22-24,29-30H,5-6,11-14H2,1-3H3,(H,27,31)/b17-4+/t22?,23-,24-/m1/s1. The first-order valence-corrected chi connectivity index (χ1v) is 12.4. The summed E-state index contributed by atoms with van der Waals surface area (Å²) in [5.74, 6) is -1.34. The van der Waals surface area contributed by atoms with Crippen LogP contribution < -0.4 is 5.32 Å². The summed E-state index contributed by atoms with van der Waals surface area (Å²) in [6.45, 7) is 6.94. The maximum absolute atomic E-state index is 12.9. The number of nitrogens with zero attached hydrogens (tertiary/aromatic N) is 1. The van der Waals surface area contributed by atoms with Crippen LogP contribution in [-0.4, -0.2) is 52.2 Å². The summed E-state index contributed by atoms with van der Waals surface area (Å²) in [6, 6.07) is 9.92. The van der Waals surface area contributed by atoms with E-state index in [1.54, 1.807) is 16.2 Å². The molecule has 178 valence electrons. The van der Waals surface area contributed by atoms with E-state index in [0.717, 1.165) is 35.3 Å². The number of rotatable bonds is 9. The highest BCUT2D eigenvalue weighted by Crippen LogP contribution is 2.32. The summed E-state index contributed by atoms with van der Waals surface area (Å²) in [6.07, 6.45) is 1.66. The molecular formula is C26H34N2O4S. The smallest absolute Gasteiger partial charge is 0.255 e. The van der Waals surface area contributed by atoms with Gasteiger partial charge in [-0.3, -0.25) is 9.59 Å². The first kappa shape index (κ1) is 25.1. The molecule has 3 N–H and O–H groups in total. The van der Waals surface area contributed by atoms with Gasteiger partial charge in [0.15, 0.2) is 12.2 Å². The molecule has 3 atom stereocenters. The van der Waals surface area contributed by atoms with Gasteiger partial charge in [0.25, 0.3) is 11.8 Å². The second-order valence-electron chi connectivity index (χ2n) is 8.76. The van der Waals surface area contributed by atoms with Crippen LogP contribution in [0.25, 0.3) is 0 Å². The number of likely N-dealkylation sites (tertiary alicyclic amines) is 1. The second-order valence-corrected chi connectivity index (χ2v) is 9.76. The molecule has 2 aromatic rings. The van der Waals surface area contributed by atoms with Crippen molar-refractivity contribution in [1.29, 1.82) is 0 Å². The molecule has 1 aromatic carbocycles. The maximum Gasteiger partial charge on any atom is 0.255 e. The van der Waals surface area contributed by atoms with Crippen molar-refractivity contribution in [2.24, 2.45) is 0 Å². The summed E-state index contributed by atoms with van der Waals surface area (Å²) < 4.78 is 0. The predicted octanol–water partition coefficient (Wildman–Crippen LogP) is 3.31. The van der Waals surface area contributed by atoms with Crippen LogP contribution in [0.5, 0.6) is 0 Å². The summed E-state index contributed by atoms with van der Waals surface area (Å²) in [7, 11) is 0. The number of thiophene rings is 1. The third-order valence-electron chi connectivity index (χ3n) is 6.17. The van der Waals surface area contributed by atoms with Gasteiger partial charge in [-0.15, -0.1) is 11.3 Å². The number of nitrogens with one attached hydrogen (secondary N) is 1. The number of hydrogen-bond acceptors (Lipinski definition) is 5. The van der Waals surface area contributed by atoms with Crippen LogP contribution in [0.1, 0.15) is 54.3 Å². The molecular weight excluding hydrogens is 436 g/mol. The van der Waals surface area contributed by atoms with Crippen LogP contribution in [0.4, 0.5) is 0 Å². The highest BCUT2D eigenvalue weighted by Gasteiger charge is 2.38. The monoisotopic (exact) mass is 470 g/mol. The summed E-state index contributed by atoms with van der Waals surface area (Å²) in [5, 5.41) is 25.5. The number of hydrogen-bond donors (Lipinski definition) is 3. The van der Waals surface area contributed by atoms with E-state index in [0.29, 0.717) is 19.5 Å². The molecule has 0 aliphatic carbocycles. The Balaban J connectivity index is 1.51. The van der Waals surface area contributed by atoms with E-state index in [1.165, 1.54) is 11.1 Å². The Labute approximate surface area is 199 Å². The van der Waals surface area contributed by atoms with Gasteiger partial charge in [-0.05, 0) is 69.0 Å². The lowest BCUT2D eigenvalue weighted by atomic mass is 10.0. The van der Waals surface area contributed by atoms with Crippen molar-refractivity contribution < 1.29 is 19.8 Å². The molecule has 1 unspecified atom stereocenters. The average molecular weight is 471 g/mol. The van der Waals surface area contributed by atoms with Crippen molar-refractivity contribution >= 4 is 23.2 Å². The zero-order valence-corrected chi connectivity index (χ0v) is 20.4. The van der Waals surface area contributed by atoms with Crippen LogP contribution in [0.2, 0.25) is 0 Å². The number of carbonyl (C=O) groups excluding carboxylic acids is 2. The molecule has 1 aromatic heterocycles. The summed E-state index contributed by atoms with van der Waals surface area (Å²) >= 11 is 1.64. The molecule has 2 amide bonds. The molecule has 0 bridgehead atoms.